The number of carbonyl (C=O) groups excluding carboxylic acids is 1. The maximum absolute atomic E-state index is 12.6. The fourth-order valence-corrected chi connectivity index (χ4v) is 2.32. The molecule has 4 nitrogen and oxygen atoms in total. The fraction of sp³-hybridized carbons (Fsp3) is 0. The molecule has 0 spiro atoms. The maximum atomic E-state index is 12.6. The Morgan fingerprint density at radius 1 is 0.714 bits per heavy atom. The molecule has 4 heteroatoms. The zero-order valence-electron chi connectivity index (χ0n) is 10.9. The average molecular weight is 280 g/mol. The summed E-state index contributed by atoms with van der Waals surface area (Å²) in [5.41, 5.74) is 0.371. The smallest absolute Gasteiger partial charge is 0.201 e. The van der Waals surface area contributed by atoms with Crippen LogP contribution in [0.4, 0.5) is 0 Å². The number of ketones is 1. The van der Waals surface area contributed by atoms with E-state index in [4.69, 9.17) is 0 Å². The van der Waals surface area contributed by atoms with Crippen molar-refractivity contribution in [1.29, 1.82) is 0 Å². The van der Waals surface area contributed by atoms with Crippen LogP contribution in [0, 0.1) is 0 Å². The number of hydrogen-bond acceptors (Lipinski definition) is 4. The Bertz CT molecular complexity index is 847. The fourth-order valence-electron chi connectivity index (χ4n) is 2.32. The van der Waals surface area contributed by atoms with Crippen molar-refractivity contribution in [2.24, 2.45) is 0 Å². The zero-order valence-corrected chi connectivity index (χ0v) is 10.9. The molecular weight excluding hydrogens is 268 g/mol. The molecule has 3 aromatic carbocycles. The number of aromatic hydroxyl groups is 3. The van der Waals surface area contributed by atoms with Crippen LogP contribution in [0.25, 0.3) is 10.8 Å². The predicted molar refractivity (Wildman–Crippen MR) is 78.8 cm³/mol. The highest BCUT2D eigenvalue weighted by atomic mass is 16.3. The summed E-state index contributed by atoms with van der Waals surface area (Å²) in [6.07, 6.45) is 0. The van der Waals surface area contributed by atoms with Gasteiger partial charge in [-0.25, -0.2) is 0 Å². The summed E-state index contributed by atoms with van der Waals surface area (Å²) >= 11 is 0. The number of phenols is 3. The minimum absolute atomic E-state index is 0.0540. The van der Waals surface area contributed by atoms with Gasteiger partial charge in [-0.15, -0.1) is 0 Å². The van der Waals surface area contributed by atoms with Crippen molar-refractivity contribution in [2.75, 3.05) is 0 Å². The molecule has 0 atom stereocenters. The molecule has 3 aromatic rings. The summed E-state index contributed by atoms with van der Waals surface area (Å²) in [5, 5.41) is 30.4. The zero-order chi connectivity index (χ0) is 15.0. The maximum Gasteiger partial charge on any atom is 0.201 e. The van der Waals surface area contributed by atoms with Crippen LogP contribution < -0.4 is 0 Å². The van der Waals surface area contributed by atoms with E-state index < -0.39 is 23.0 Å². The summed E-state index contributed by atoms with van der Waals surface area (Å²) in [6, 6.07) is 15.2. The van der Waals surface area contributed by atoms with Crippen molar-refractivity contribution in [1.82, 2.24) is 0 Å². The summed E-state index contributed by atoms with van der Waals surface area (Å²) in [6.45, 7) is 0. The molecule has 0 fully saturated rings. The Hall–Kier alpha value is -3.01. The third-order valence-corrected chi connectivity index (χ3v) is 3.41. The quantitative estimate of drug-likeness (QED) is 0.497. The van der Waals surface area contributed by atoms with E-state index in [0.717, 1.165) is 10.8 Å². The number of hydrogen-bond donors (Lipinski definition) is 3. The third kappa shape index (κ3) is 2.07. The highest BCUT2D eigenvalue weighted by Crippen LogP contribution is 2.38. The van der Waals surface area contributed by atoms with Gasteiger partial charge < -0.3 is 15.3 Å². The van der Waals surface area contributed by atoms with Gasteiger partial charge in [-0.2, -0.15) is 0 Å². The van der Waals surface area contributed by atoms with Crippen LogP contribution in [-0.2, 0) is 0 Å². The van der Waals surface area contributed by atoms with Crippen molar-refractivity contribution < 1.29 is 20.1 Å². The molecule has 0 unspecified atom stereocenters. The molecule has 0 aromatic heterocycles. The van der Waals surface area contributed by atoms with E-state index >= 15 is 0 Å². The minimum atomic E-state index is -0.693. The Labute approximate surface area is 120 Å². The third-order valence-electron chi connectivity index (χ3n) is 3.41. The molecule has 21 heavy (non-hydrogen) atoms. The van der Waals surface area contributed by atoms with Gasteiger partial charge in [0.1, 0.15) is 0 Å². The van der Waals surface area contributed by atoms with Gasteiger partial charge in [0.2, 0.25) is 5.75 Å². The normalized spacial score (nSPS) is 10.7. The van der Waals surface area contributed by atoms with Crippen molar-refractivity contribution in [2.45, 2.75) is 0 Å². The molecule has 0 aliphatic carbocycles. The molecule has 0 aliphatic rings. The van der Waals surface area contributed by atoms with Crippen molar-refractivity contribution in [3.8, 4) is 17.2 Å². The van der Waals surface area contributed by atoms with Gasteiger partial charge in [0, 0.05) is 5.56 Å². The predicted octanol–water partition coefficient (Wildman–Crippen LogP) is 3.19. The second-order valence-electron chi connectivity index (χ2n) is 4.69. The van der Waals surface area contributed by atoms with E-state index in [-0.39, 0.29) is 5.56 Å². The van der Waals surface area contributed by atoms with E-state index in [9.17, 15) is 20.1 Å². The molecule has 0 saturated carbocycles. The Morgan fingerprint density at radius 3 is 2.24 bits per heavy atom. The van der Waals surface area contributed by atoms with Gasteiger partial charge >= 0.3 is 0 Å². The first-order chi connectivity index (χ1) is 10.1. The molecule has 0 aliphatic heterocycles. The summed E-state index contributed by atoms with van der Waals surface area (Å²) in [7, 11) is 0. The Kier molecular flexibility index (Phi) is 2.99. The van der Waals surface area contributed by atoms with Crippen molar-refractivity contribution >= 4 is 16.6 Å². The van der Waals surface area contributed by atoms with Crippen LogP contribution in [0.5, 0.6) is 17.2 Å². The van der Waals surface area contributed by atoms with Crippen LogP contribution in [0.3, 0.4) is 0 Å². The van der Waals surface area contributed by atoms with Gasteiger partial charge in [0.25, 0.3) is 0 Å². The SMILES string of the molecule is O=C(c1ccc(O)c(O)c1O)c1cccc2ccccc12. The molecule has 3 N–H and O–H groups in total. The molecule has 104 valence electrons. The highest BCUT2D eigenvalue weighted by molar-refractivity contribution is 6.17. The van der Waals surface area contributed by atoms with Crippen LogP contribution in [-0.4, -0.2) is 21.1 Å². The van der Waals surface area contributed by atoms with Crippen LogP contribution in [0.15, 0.2) is 54.6 Å². The van der Waals surface area contributed by atoms with Crippen LogP contribution >= 0.6 is 0 Å². The lowest BCUT2D eigenvalue weighted by molar-refractivity contribution is 0.103. The van der Waals surface area contributed by atoms with E-state index in [2.05, 4.69) is 0 Å². The van der Waals surface area contributed by atoms with E-state index in [1.165, 1.54) is 12.1 Å². The number of fused-ring (bicyclic) bond motifs is 1. The van der Waals surface area contributed by atoms with Crippen molar-refractivity contribution in [3.05, 3.63) is 65.7 Å². The van der Waals surface area contributed by atoms with Gasteiger partial charge in [0.15, 0.2) is 17.3 Å². The minimum Gasteiger partial charge on any atom is -0.504 e. The molecule has 0 amide bonds. The Morgan fingerprint density at radius 2 is 1.43 bits per heavy atom. The lowest BCUT2D eigenvalue weighted by Gasteiger charge is -2.09. The van der Waals surface area contributed by atoms with E-state index in [1.54, 1.807) is 12.1 Å². The molecular formula is C17H12O4. The molecule has 3 rings (SSSR count). The number of phenolic OH excluding ortho intramolecular Hbond substituents is 3. The molecule has 0 bridgehead atoms. The topological polar surface area (TPSA) is 77.8 Å². The monoisotopic (exact) mass is 280 g/mol. The van der Waals surface area contributed by atoms with E-state index in [0.29, 0.717) is 5.56 Å². The molecule has 0 radical (unpaired) electrons. The first-order valence-electron chi connectivity index (χ1n) is 6.36. The number of carbonyl (C=O) groups is 1. The van der Waals surface area contributed by atoms with Crippen molar-refractivity contribution in [3.63, 3.8) is 0 Å². The van der Waals surface area contributed by atoms with E-state index in [1.807, 2.05) is 30.3 Å². The molecule has 0 saturated heterocycles. The average Bonchev–Trinajstić information content (AvgIpc) is 2.51. The largest absolute Gasteiger partial charge is 0.504 e. The lowest BCUT2D eigenvalue weighted by Crippen LogP contribution is -2.02. The summed E-state index contributed by atoms with van der Waals surface area (Å²) in [5.74, 6) is -2.20. The number of rotatable bonds is 2. The first kappa shape index (κ1) is 13.0. The summed E-state index contributed by atoms with van der Waals surface area (Å²) < 4.78 is 0. The van der Waals surface area contributed by atoms with Gasteiger partial charge in [0.05, 0.1) is 5.56 Å². The van der Waals surface area contributed by atoms with Gasteiger partial charge in [-0.05, 0) is 22.9 Å². The Balaban J connectivity index is 2.20. The first-order valence-corrected chi connectivity index (χ1v) is 6.36. The highest BCUT2D eigenvalue weighted by Gasteiger charge is 2.19. The van der Waals surface area contributed by atoms with Gasteiger partial charge in [-0.3, -0.25) is 4.79 Å². The second kappa shape index (κ2) is 4.83. The number of benzene rings is 3. The summed E-state index contributed by atoms with van der Waals surface area (Å²) in [4.78, 5) is 12.6. The van der Waals surface area contributed by atoms with Crippen LogP contribution in [0.1, 0.15) is 15.9 Å². The standard InChI is InChI=1S/C17H12O4/c18-14-9-8-13(16(20)17(14)21)15(19)12-7-3-5-10-4-1-2-6-11(10)12/h1-9,18,20-21H. The lowest BCUT2D eigenvalue weighted by atomic mass is 9.96. The van der Waals surface area contributed by atoms with Crippen LogP contribution in [0.2, 0.25) is 0 Å². The molecule has 0 heterocycles. The van der Waals surface area contributed by atoms with Gasteiger partial charge in [-0.1, -0.05) is 42.5 Å². The second-order valence-corrected chi connectivity index (χ2v) is 4.69.